The van der Waals surface area contributed by atoms with Crippen molar-refractivity contribution in [2.45, 2.75) is 471 Å². The first-order valence-corrected chi connectivity index (χ1v) is 47.0. The Kier molecular flexibility index (Phi) is 75.0. The van der Waals surface area contributed by atoms with Gasteiger partial charge < -0.3 is 33.8 Å². The van der Waals surface area contributed by atoms with Gasteiger partial charge in [-0.05, 0) is 37.5 Å². The molecule has 0 radical (unpaired) electrons. The first kappa shape index (κ1) is 102. The van der Waals surface area contributed by atoms with Gasteiger partial charge in [-0.3, -0.25) is 37.3 Å². The van der Waals surface area contributed by atoms with E-state index in [2.05, 4.69) is 41.5 Å². The molecular weight excluding hydrogens is 1350 g/mol. The van der Waals surface area contributed by atoms with Gasteiger partial charge in [0.25, 0.3) is 0 Å². The molecule has 0 rings (SSSR count). The van der Waals surface area contributed by atoms with Gasteiger partial charge in [0.05, 0.1) is 26.4 Å². The molecule has 0 aromatic heterocycles. The van der Waals surface area contributed by atoms with Crippen LogP contribution in [0.4, 0.5) is 0 Å². The molecule has 0 saturated heterocycles. The zero-order chi connectivity index (χ0) is 76.4. The van der Waals surface area contributed by atoms with Crippen LogP contribution < -0.4 is 0 Å². The predicted octanol–water partition coefficient (Wildman–Crippen LogP) is 25.8. The molecule has 0 aliphatic heterocycles. The molecule has 0 spiro atoms. The molecule has 0 fully saturated rings. The van der Waals surface area contributed by atoms with E-state index in [4.69, 9.17) is 37.0 Å². The van der Waals surface area contributed by atoms with Crippen LogP contribution in [0.25, 0.3) is 0 Å². The molecule has 0 aliphatic rings. The number of ether oxygens (including phenoxy) is 4. The fourth-order valence-corrected chi connectivity index (χ4v) is 14.8. The maximum Gasteiger partial charge on any atom is 0.472 e. The highest BCUT2D eigenvalue weighted by atomic mass is 31.2. The minimum Gasteiger partial charge on any atom is -0.462 e. The predicted molar refractivity (Wildman–Crippen MR) is 428 cm³/mol. The number of hydrogen-bond donors (Lipinski definition) is 3. The van der Waals surface area contributed by atoms with E-state index in [1.165, 1.54) is 263 Å². The Labute approximate surface area is 638 Å². The summed E-state index contributed by atoms with van der Waals surface area (Å²) >= 11 is 0. The van der Waals surface area contributed by atoms with E-state index < -0.39 is 97.5 Å². The van der Waals surface area contributed by atoms with Crippen molar-refractivity contribution in [2.24, 2.45) is 11.8 Å². The van der Waals surface area contributed by atoms with E-state index >= 15 is 0 Å². The summed E-state index contributed by atoms with van der Waals surface area (Å²) in [5, 5.41) is 10.7. The van der Waals surface area contributed by atoms with Gasteiger partial charge in [-0.25, -0.2) is 9.13 Å². The Morgan fingerprint density at radius 2 is 0.490 bits per heavy atom. The summed E-state index contributed by atoms with van der Waals surface area (Å²) < 4.78 is 68.8. The molecule has 19 heteroatoms. The second-order valence-corrected chi connectivity index (χ2v) is 34.2. The molecule has 0 bridgehead atoms. The molecular formula is C85H166O17P2. The summed E-state index contributed by atoms with van der Waals surface area (Å²) in [5.74, 6) is -0.448. The second-order valence-electron chi connectivity index (χ2n) is 31.3. The first-order chi connectivity index (χ1) is 50.4. The van der Waals surface area contributed by atoms with Crippen molar-refractivity contribution in [3.63, 3.8) is 0 Å². The van der Waals surface area contributed by atoms with Gasteiger partial charge in [0.2, 0.25) is 0 Å². The average molecular weight is 1520 g/mol. The minimum atomic E-state index is -4.96. The third-order valence-corrected chi connectivity index (χ3v) is 22.2. The largest absolute Gasteiger partial charge is 0.472 e. The number of unbranched alkanes of at least 4 members (excludes halogenated alkanes) is 53. The number of carbonyl (C=O) groups excluding carboxylic acids is 4. The number of phosphoric ester groups is 2. The summed E-state index contributed by atoms with van der Waals surface area (Å²) in [7, 11) is -9.92. The van der Waals surface area contributed by atoms with Crippen molar-refractivity contribution in [3.8, 4) is 0 Å². The number of rotatable bonds is 84. The van der Waals surface area contributed by atoms with E-state index in [1.54, 1.807) is 0 Å². The maximum atomic E-state index is 13.1. The molecule has 0 heterocycles. The molecule has 104 heavy (non-hydrogen) atoms. The lowest BCUT2D eigenvalue weighted by molar-refractivity contribution is -0.161. The van der Waals surface area contributed by atoms with Crippen LogP contribution >= 0.6 is 15.6 Å². The highest BCUT2D eigenvalue weighted by Gasteiger charge is 2.30. The van der Waals surface area contributed by atoms with Gasteiger partial charge in [0, 0.05) is 25.7 Å². The molecule has 0 aromatic rings. The smallest absolute Gasteiger partial charge is 0.462 e. The Balaban J connectivity index is 5.19. The topological polar surface area (TPSA) is 237 Å². The Morgan fingerprint density at radius 3 is 0.731 bits per heavy atom. The SMILES string of the molecule is CCCCCCCCCCCCCCCCCCCCC(=O)OC[C@H](COP(=O)(O)OC[C@@H](O)COP(=O)(O)OC[C@@H](COC(=O)CCCCCCCCCC)OC(=O)CCCCCCCCCCCCCCCC(C)C)OC(=O)CCCCCCCCCCCCCCCCCCCCC(C)CC. The van der Waals surface area contributed by atoms with Crippen LogP contribution in [-0.4, -0.2) is 96.7 Å². The number of phosphoric acid groups is 2. The molecule has 0 amide bonds. The molecule has 0 saturated carbocycles. The fourth-order valence-electron chi connectivity index (χ4n) is 13.2. The number of aliphatic hydroxyl groups excluding tert-OH is 1. The van der Waals surface area contributed by atoms with Crippen molar-refractivity contribution in [1.82, 2.24) is 0 Å². The lowest BCUT2D eigenvalue weighted by Crippen LogP contribution is -2.30. The van der Waals surface area contributed by atoms with Crippen LogP contribution in [0, 0.1) is 11.8 Å². The van der Waals surface area contributed by atoms with E-state index in [0.29, 0.717) is 25.7 Å². The molecule has 6 atom stereocenters. The number of aliphatic hydroxyl groups is 1. The lowest BCUT2D eigenvalue weighted by atomic mass is 9.99. The monoisotopic (exact) mass is 1520 g/mol. The van der Waals surface area contributed by atoms with E-state index in [9.17, 15) is 43.2 Å². The van der Waals surface area contributed by atoms with Crippen molar-refractivity contribution >= 4 is 39.5 Å². The number of hydrogen-bond acceptors (Lipinski definition) is 15. The fraction of sp³-hybridized carbons (Fsp3) is 0.953. The molecule has 17 nitrogen and oxygen atoms in total. The molecule has 0 aromatic carbocycles. The standard InChI is InChI=1S/C85H166O17P2/c1-7-10-12-14-16-18-19-20-21-22-26-29-34-39-44-50-56-62-68-83(88)96-74-81(102-85(90)69-63-57-51-45-40-35-30-27-24-23-25-28-33-38-43-48-54-60-66-78(6)9-3)76-100-104(93,94)98-72-79(86)71-97-103(91,92)99-75-80(73-95-82(87)67-61-55-49-17-15-13-11-8-2)101-84(89)70-64-58-52-46-41-36-31-32-37-42-47-53-59-65-77(4)5/h77-81,86H,7-76H2,1-6H3,(H,91,92)(H,93,94)/t78?,79-,80+,81+/m0/s1. The average Bonchev–Trinajstić information content (AvgIpc) is 0.913. The van der Waals surface area contributed by atoms with Gasteiger partial charge >= 0.3 is 39.5 Å². The van der Waals surface area contributed by atoms with Gasteiger partial charge in [-0.2, -0.15) is 0 Å². The molecule has 3 unspecified atom stereocenters. The van der Waals surface area contributed by atoms with Crippen molar-refractivity contribution in [3.05, 3.63) is 0 Å². The summed E-state index contributed by atoms with van der Waals surface area (Å²) in [5.41, 5.74) is 0. The van der Waals surface area contributed by atoms with Crippen LogP contribution in [0.2, 0.25) is 0 Å². The van der Waals surface area contributed by atoms with Crippen molar-refractivity contribution < 1.29 is 80.2 Å². The quantitative estimate of drug-likeness (QED) is 0.0222. The highest BCUT2D eigenvalue weighted by molar-refractivity contribution is 7.47. The van der Waals surface area contributed by atoms with Gasteiger partial charge in [-0.1, -0.05) is 401 Å². The molecule has 3 N–H and O–H groups in total. The third-order valence-electron chi connectivity index (χ3n) is 20.3. The maximum absolute atomic E-state index is 13.1. The molecule has 618 valence electrons. The van der Waals surface area contributed by atoms with E-state index in [-0.39, 0.29) is 25.7 Å². The normalized spacial score (nSPS) is 14.1. The lowest BCUT2D eigenvalue weighted by Gasteiger charge is -2.21. The Morgan fingerprint density at radius 1 is 0.279 bits per heavy atom. The van der Waals surface area contributed by atoms with Gasteiger partial charge in [0.15, 0.2) is 12.2 Å². The summed E-state index contributed by atoms with van der Waals surface area (Å²) in [6.07, 6.45) is 68.1. The van der Waals surface area contributed by atoms with Crippen molar-refractivity contribution in [1.29, 1.82) is 0 Å². The van der Waals surface area contributed by atoms with E-state index in [1.807, 2.05) is 0 Å². The van der Waals surface area contributed by atoms with Crippen LogP contribution in [0.3, 0.4) is 0 Å². The molecule has 0 aliphatic carbocycles. The van der Waals surface area contributed by atoms with E-state index in [0.717, 1.165) is 108 Å². The first-order valence-electron chi connectivity index (χ1n) is 44.0. The van der Waals surface area contributed by atoms with Crippen LogP contribution in [0.15, 0.2) is 0 Å². The number of carbonyl (C=O) groups is 4. The summed E-state index contributed by atoms with van der Waals surface area (Å²) in [4.78, 5) is 73.1. The highest BCUT2D eigenvalue weighted by Crippen LogP contribution is 2.45. The summed E-state index contributed by atoms with van der Waals surface area (Å²) in [6, 6.07) is 0. The van der Waals surface area contributed by atoms with Gasteiger partial charge in [0.1, 0.15) is 19.3 Å². The van der Waals surface area contributed by atoms with Crippen LogP contribution in [0.1, 0.15) is 452 Å². The minimum absolute atomic E-state index is 0.107. The third kappa shape index (κ3) is 76.8. The summed E-state index contributed by atoms with van der Waals surface area (Å²) in [6.45, 7) is 9.72. The second kappa shape index (κ2) is 76.4. The zero-order valence-corrected chi connectivity index (χ0v) is 70.1. The van der Waals surface area contributed by atoms with Crippen LogP contribution in [-0.2, 0) is 65.4 Å². The van der Waals surface area contributed by atoms with Crippen molar-refractivity contribution in [2.75, 3.05) is 39.6 Å². The van der Waals surface area contributed by atoms with Gasteiger partial charge in [-0.15, -0.1) is 0 Å². The Bertz CT molecular complexity index is 2000. The number of esters is 4. The Hall–Kier alpha value is -1.94. The zero-order valence-electron chi connectivity index (χ0n) is 68.3. The van der Waals surface area contributed by atoms with Crippen LogP contribution in [0.5, 0.6) is 0 Å².